The van der Waals surface area contributed by atoms with Gasteiger partial charge in [-0.2, -0.15) is 0 Å². The number of nitrogens with zero attached hydrogens (tertiary/aromatic N) is 2. The Hall–Kier alpha value is -2.55. The van der Waals surface area contributed by atoms with E-state index < -0.39 is 0 Å². The van der Waals surface area contributed by atoms with Crippen LogP contribution in [0.25, 0.3) is 11.3 Å². The van der Waals surface area contributed by atoms with Crippen molar-refractivity contribution in [2.75, 3.05) is 6.54 Å². The van der Waals surface area contributed by atoms with Gasteiger partial charge in [-0.15, -0.1) is 0 Å². The van der Waals surface area contributed by atoms with Crippen LogP contribution in [0.2, 0.25) is 0 Å². The SMILES string of the molecule is C=C(C1=CC=CCN1)c1cc(C)c(C)cc1-n1c(C)cnc1CC. The van der Waals surface area contributed by atoms with Gasteiger partial charge in [0.05, 0.1) is 5.69 Å². The lowest BCUT2D eigenvalue weighted by Gasteiger charge is -2.21. The number of nitrogens with one attached hydrogen (secondary N) is 1. The maximum absolute atomic E-state index is 4.57. The molecule has 0 unspecified atom stereocenters. The molecule has 3 rings (SSSR count). The summed E-state index contributed by atoms with van der Waals surface area (Å²) in [6, 6.07) is 4.50. The van der Waals surface area contributed by atoms with E-state index in [2.05, 4.69) is 79.5 Å². The first-order valence-electron chi connectivity index (χ1n) is 8.48. The average molecular weight is 319 g/mol. The first-order valence-corrected chi connectivity index (χ1v) is 8.48. The maximum Gasteiger partial charge on any atom is 0.113 e. The largest absolute Gasteiger partial charge is 0.381 e. The summed E-state index contributed by atoms with van der Waals surface area (Å²) in [7, 11) is 0. The highest BCUT2D eigenvalue weighted by atomic mass is 15.1. The zero-order valence-corrected chi connectivity index (χ0v) is 15.0. The summed E-state index contributed by atoms with van der Waals surface area (Å²) in [4.78, 5) is 4.57. The van der Waals surface area contributed by atoms with Gasteiger partial charge in [-0.3, -0.25) is 0 Å². The van der Waals surface area contributed by atoms with Crippen LogP contribution in [0.4, 0.5) is 0 Å². The Bertz CT molecular complexity index is 850. The molecule has 0 saturated carbocycles. The van der Waals surface area contributed by atoms with Crippen LogP contribution in [0, 0.1) is 20.8 Å². The molecule has 0 fully saturated rings. The lowest BCUT2D eigenvalue weighted by Crippen LogP contribution is -2.17. The van der Waals surface area contributed by atoms with Crippen LogP contribution in [0.3, 0.4) is 0 Å². The van der Waals surface area contributed by atoms with Crippen LogP contribution in [-0.2, 0) is 6.42 Å². The molecule has 0 bridgehead atoms. The average Bonchev–Trinajstić information content (AvgIpc) is 2.97. The van der Waals surface area contributed by atoms with E-state index in [1.807, 2.05) is 6.20 Å². The van der Waals surface area contributed by atoms with Gasteiger partial charge in [0.15, 0.2) is 0 Å². The fourth-order valence-electron chi connectivity index (χ4n) is 3.11. The Balaban J connectivity index is 2.21. The molecule has 1 N–H and O–H groups in total. The fourth-order valence-corrected chi connectivity index (χ4v) is 3.11. The standard InChI is InChI=1S/C21H25N3/c1-6-21-23-13-16(4)24(21)20-12-15(3)14(2)11-18(20)17(5)19-9-7-8-10-22-19/h7-9,11-13,22H,5-6,10H2,1-4H3. The number of rotatable bonds is 4. The van der Waals surface area contributed by atoms with Gasteiger partial charge in [-0.1, -0.05) is 25.7 Å². The zero-order chi connectivity index (χ0) is 17.3. The van der Waals surface area contributed by atoms with E-state index in [0.29, 0.717) is 0 Å². The summed E-state index contributed by atoms with van der Waals surface area (Å²) in [5, 5.41) is 3.42. The third-order valence-electron chi connectivity index (χ3n) is 4.64. The number of hydrogen-bond acceptors (Lipinski definition) is 2. The first-order chi connectivity index (χ1) is 11.5. The molecule has 24 heavy (non-hydrogen) atoms. The van der Waals surface area contributed by atoms with Crippen molar-refractivity contribution in [2.45, 2.75) is 34.1 Å². The van der Waals surface area contributed by atoms with Gasteiger partial charge in [0, 0.05) is 36.1 Å². The Labute approximate surface area is 144 Å². The van der Waals surface area contributed by atoms with Gasteiger partial charge in [0.2, 0.25) is 0 Å². The molecule has 1 aromatic carbocycles. The van der Waals surface area contributed by atoms with Crippen molar-refractivity contribution in [3.8, 4) is 5.69 Å². The van der Waals surface area contributed by atoms with Crippen LogP contribution in [0.15, 0.2) is 48.8 Å². The molecule has 1 aliphatic rings. The molecule has 2 heterocycles. The zero-order valence-electron chi connectivity index (χ0n) is 15.0. The third kappa shape index (κ3) is 2.82. The van der Waals surface area contributed by atoms with E-state index in [1.54, 1.807) is 0 Å². The molecule has 3 nitrogen and oxygen atoms in total. The molecule has 0 amide bonds. The number of aromatic nitrogens is 2. The lowest BCUT2D eigenvalue weighted by atomic mass is 9.96. The Kier molecular flexibility index (Phi) is 4.43. The van der Waals surface area contributed by atoms with E-state index in [-0.39, 0.29) is 0 Å². The van der Waals surface area contributed by atoms with Gasteiger partial charge in [-0.05, 0) is 55.7 Å². The Morgan fingerprint density at radius 3 is 2.67 bits per heavy atom. The molecule has 2 aromatic rings. The quantitative estimate of drug-likeness (QED) is 0.904. The molecule has 3 heteroatoms. The first kappa shape index (κ1) is 16.3. The monoisotopic (exact) mass is 319 g/mol. The van der Waals surface area contributed by atoms with Crippen molar-refractivity contribution in [3.05, 3.63) is 77.0 Å². The van der Waals surface area contributed by atoms with Gasteiger partial charge >= 0.3 is 0 Å². The van der Waals surface area contributed by atoms with Crippen LogP contribution in [0.1, 0.15) is 35.1 Å². The number of aryl methyl sites for hydroxylation is 4. The second-order valence-electron chi connectivity index (χ2n) is 6.33. The molecule has 1 aromatic heterocycles. The van der Waals surface area contributed by atoms with Crippen LogP contribution >= 0.6 is 0 Å². The summed E-state index contributed by atoms with van der Waals surface area (Å²) in [5.41, 5.74) is 8.12. The Morgan fingerprint density at radius 1 is 1.25 bits per heavy atom. The minimum Gasteiger partial charge on any atom is -0.381 e. The normalized spacial score (nSPS) is 13.6. The van der Waals surface area contributed by atoms with Gasteiger partial charge in [0.1, 0.15) is 5.82 Å². The molecule has 0 spiro atoms. The van der Waals surface area contributed by atoms with E-state index in [9.17, 15) is 0 Å². The van der Waals surface area contributed by atoms with Crippen molar-refractivity contribution in [1.82, 2.24) is 14.9 Å². The van der Waals surface area contributed by atoms with E-state index in [1.165, 1.54) is 11.1 Å². The number of allylic oxidation sites excluding steroid dienone is 3. The topological polar surface area (TPSA) is 29.9 Å². The summed E-state index contributed by atoms with van der Waals surface area (Å²) in [6.45, 7) is 13.8. The van der Waals surface area contributed by atoms with Gasteiger partial charge < -0.3 is 9.88 Å². The fraction of sp³-hybridized carbons (Fsp3) is 0.286. The van der Waals surface area contributed by atoms with Crippen molar-refractivity contribution < 1.29 is 0 Å². The van der Waals surface area contributed by atoms with Crippen LogP contribution in [0.5, 0.6) is 0 Å². The van der Waals surface area contributed by atoms with Crippen molar-refractivity contribution in [3.63, 3.8) is 0 Å². The van der Waals surface area contributed by atoms with Crippen molar-refractivity contribution >= 4 is 5.57 Å². The molecule has 0 atom stereocenters. The predicted octanol–water partition coefficient (Wildman–Crippen LogP) is 4.42. The highest BCUT2D eigenvalue weighted by Crippen LogP contribution is 2.31. The molecule has 0 saturated heterocycles. The second kappa shape index (κ2) is 6.52. The highest BCUT2D eigenvalue weighted by molar-refractivity contribution is 5.82. The second-order valence-corrected chi connectivity index (χ2v) is 6.33. The molecule has 1 aliphatic heterocycles. The summed E-state index contributed by atoms with van der Waals surface area (Å²) in [5.74, 6) is 1.08. The molecule has 0 aliphatic carbocycles. The molecular formula is C21H25N3. The summed E-state index contributed by atoms with van der Waals surface area (Å²) >= 11 is 0. The van der Waals surface area contributed by atoms with Gasteiger partial charge in [0.25, 0.3) is 0 Å². The number of imidazole rings is 1. The van der Waals surface area contributed by atoms with Crippen molar-refractivity contribution in [2.24, 2.45) is 0 Å². The predicted molar refractivity (Wildman–Crippen MR) is 101 cm³/mol. The molecule has 124 valence electrons. The van der Waals surface area contributed by atoms with Crippen LogP contribution < -0.4 is 5.32 Å². The number of benzene rings is 1. The third-order valence-corrected chi connectivity index (χ3v) is 4.64. The van der Waals surface area contributed by atoms with Crippen molar-refractivity contribution in [1.29, 1.82) is 0 Å². The molecular weight excluding hydrogens is 294 g/mol. The summed E-state index contributed by atoms with van der Waals surface area (Å²) in [6.07, 6.45) is 9.12. The number of hydrogen-bond donors (Lipinski definition) is 1. The lowest BCUT2D eigenvalue weighted by molar-refractivity contribution is 0.866. The van der Waals surface area contributed by atoms with E-state index >= 15 is 0 Å². The summed E-state index contributed by atoms with van der Waals surface area (Å²) < 4.78 is 2.26. The Morgan fingerprint density at radius 2 is 2.00 bits per heavy atom. The minimum absolute atomic E-state index is 0.843. The molecule has 0 radical (unpaired) electrons. The number of dihydropyridines is 1. The van der Waals surface area contributed by atoms with E-state index in [0.717, 1.165) is 47.0 Å². The highest BCUT2D eigenvalue weighted by Gasteiger charge is 2.17. The minimum atomic E-state index is 0.843. The van der Waals surface area contributed by atoms with Crippen LogP contribution in [-0.4, -0.2) is 16.1 Å². The van der Waals surface area contributed by atoms with E-state index in [4.69, 9.17) is 0 Å². The maximum atomic E-state index is 4.57. The smallest absolute Gasteiger partial charge is 0.113 e. The van der Waals surface area contributed by atoms with Gasteiger partial charge in [-0.25, -0.2) is 4.98 Å².